The molecule has 1 atom stereocenters. The number of hydrogen-bond acceptors (Lipinski definition) is 3. The fraction of sp³-hybridized carbons (Fsp3) is 0.474. The molecule has 0 bridgehead atoms. The maximum atomic E-state index is 11.3. The van der Waals surface area contributed by atoms with Gasteiger partial charge in [0.2, 0.25) is 0 Å². The fourth-order valence-electron chi connectivity index (χ4n) is 2.96. The van der Waals surface area contributed by atoms with Crippen LogP contribution in [0.2, 0.25) is 0 Å². The van der Waals surface area contributed by atoms with Gasteiger partial charge in [0.1, 0.15) is 6.10 Å². The van der Waals surface area contributed by atoms with E-state index in [-0.39, 0.29) is 17.1 Å². The average Bonchev–Trinajstić information content (AvgIpc) is 2.86. The van der Waals surface area contributed by atoms with Crippen molar-refractivity contribution in [1.29, 1.82) is 0 Å². The minimum Gasteiger partial charge on any atom is -0.459 e. The summed E-state index contributed by atoms with van der Waals surface area (Å²) >= 11 is 0. The van der Waals surface area contributed by atoms with Crippen molar-refractivity contribution < 1.29 is 4.74 Å². The van der Waals surface area contributed by atoms with Crippen LogP contribution in [-0.2, 0) is 18.4 Å². The molecule has 1 aromatic carbocycles. The van der Waals surface area contributed by atoms with E-state index in [1.54, 1.807) is 6.20 Å². The van der Waals surface area contributed by atoms with Gasteiger partial charge in [-0.05, 0) is 41.9 Å². The van der Waals surface area contributed by atoms with E-state index in [4.69, 9.17) is 4.74 Å². The van der Waals surface area contributed by atoms with E-state index < -0.39 is 0 Å². The zero-order valence-electron chi connectivity index (χ0n) is 14.3. The van der Waals surface area contributed by atoms with Crippen LogP contribution in [-0.4, -0.2) is 15.7 Å². The Morgan fingerprint density at radius 1 is 1.30 bits per heavy atom. The number of nitrogens with zero attached hydrogens (tertiary/aromatic N) is 2. The Bertz CT molecular complexity index is 772. The molecule has 0 N–H and O–H groups in total. The van der Waals surface area contributed by atoms with Crippen molar-refractivity contribution >= 4 is 0 Å². The summed E-state index contributed by atoms with van der Waals surface area (Å²) < 4.78 is 7.68. The molecule has 0 amide bonds. The number of benzene rings is 1. The van der Waals surface area contributed by atoms with Gasteiger partial charge in [0, 0.05) is 12.3 Å². The summed E-state index contributed by atoms with van der Waals surface area (Å²) in [6, 6.07) is 8.68. The molecule has 0 saturated carbocycles. The summed E-state index contributed by atoms with van der Waals surface area (Å²) in [4.78, 5) is 15.2. The van der Waals surface area contributed by atoms with Crippen molar-refractivity contribution in [3.8, 4) is 6.01 Å². The number of rotatable bonds is 3. The van der Waals surface area contributed by atoms with Crippen LogP contribution in [0.1, 0.15) is 43.9 Å². The lowest BCUT2D eigenvalue weighted by atomic mass is 9.85. The van der Waals surface area contributed by atoms with Gasteiger partial charge < -0.3 is 4.74 Å². The van der Waals surface area contributed by atoms with E-state index in [0.717, 1.165) is 19.4 Å². The van der Waals surface area contributed by atoms with Crippen LogP contribution in [0, 0.1) is 6.92 Å². The lowest BCUT2D eigenvalue weighted by molar-refractivity contribution is 0.214. The minimum absolute atomic E-state index is 0.0889. The third-order valence-corrected chi connectivity index (χ3v) is 4.47. The average molecular weight is 312 g/mol. The maximum absolute atomic E-state index is 11.3. The number of fused-ring (bicyclic) bond motifs is 1. The Morgan fingerprint density at radius 2 is 2.09 bits per heavy atom. The van der Waals surface area contributed by atoms with Crippen LogP contribution in [0.4, 0.5) is 0 Å². The Balaban J connectivity index is 1.65. The first-order valence-corrected chi connectivity index (χ1v) is 8.17. The van der Waals surface area contributed by atoms with Crippen molar-refractivity contribution in [3.05, 3.63) is 57.5 Å². The highest BCUT2D eigenvalue weighted by Crippen LogP contribution is 2.26. The van der Waals surface area contributed by atoms with E-state index in [0.29, 0.717) is 6.01 Å². The Hall–Kier alpha value is -2.10. The molecule has 1 unspecified atom stereocenters. The monoisotopic (exact) mass is 312 g/mol. The zero-order chi connectivity index (χ0) is 16.6. The smallest absolute Gasteiger partial charge is 0.300 e. The van der Waals surface area contributed by atoms with Gasteiger partial charge >= 0.3 is 0 Å². The quantitative estimate of drug-likeness (QED) is 0.874. The van der Waals surface area contributed by atoms with Gasteiger partial charge in [-0.25, -0.2) is 0 Å². The van der Waals surface area contributed by atoms with Crippen molar-refractivity contribution in [1.82, 2.24) is 9.55 Å². The molecule has 2 heterocycles. The second-order valence-electron chi connectivity index (χ2n) is 7.37. The van der Waals surface area contributed by atoms with Crippen LogP contribution >= 0.6 is 0 Å². The standard InChI is InChI=1S/C19H24N2O2/c1-13-11-15(19(2,3)4)7-5-14(13)6-8-16-12-21-10-9-17(22)20-18(21)23-16/h5,7,9-11,16H,6,8,12H2,1-4H3. The highest BCUT2D eigenvalue weighted by atomic mass is 16.5. The predicted molar refractivity (Wildman–Crippen MR) is 91.1 cm³/mol. The first-order chi connectivity index (χ1) is 10.8. The van der Waals surface area contributed by atoms with Gasteiger partial charge in [-0.1, -0.05) is 39.0 Å². The summed E-state index contributed by atoms with van der Waals surface area (Å²) in [5, 5.41) is 0. The predicted octanol–water partition coefficient (Wildman–Crippen LogP) is 3.24. The molecular formula is C19H24N2O2. The van der Waals surface area contributed by atoms with Crippen molar-refractivity contribution in [2.45, 2.75) is 58.6 Å². The van der Waals surface area contributed by atoms with Crippen LogP contribution < -0.4 is 10.3 Å². The number of aryl methyl sites for hydroxylation is 2. The molecule has 4 heteroatoms. The van der Waals surface area contributed by atoms with Gasteiger partial charge in [-0.2, -0.15) is 4.98 Å². The Kier molecular flexibility index (Phi) is 4.00. The largest absolute Gasteiger partial charge is 0.459 e. The molecule has 0 spiro atoms. The van der Waals surface area contributed by atoms with Crippen LogP contribution in [0.25, 0.3) is 0 Å². The van der Waals surface area contributed by atoms with E-state index in [1.165, 1.54) is 22.8 Å². The van der Waals surface area contributed by atoms with Crippen LogP contribution in [0.5, 0.6) is 6.01 Å². The molecule has 122 valence electrons. The third kappa shape index (κ3) is 3.46. The normalized spacial score (nSPS) is 17.0. The van der Waals surface area contributed by atoms with Gasteiger partial charge in [0.25, 0.3) is 11.6 Å². The summed E-state index contributed by atoms with van der Waals surface area (Å²) in [6.07, 6.45) is 3.74. The Labute approximate surface area is 137 Å². The van der Waals surface area contributed by atoms with Crippen LogP contribution in [0.15, 0.2) is 35.3 Å². The van der Waals surface area contributed by atoms with E-state index in [1.807, 2.05) is 4.57 Å². The third-order valence-electron chi connectivity index (χ3n) is 4.47. The molecular weight excluding hydrogens is 288 g/mol. The van der Waals surface area contributed by atoms with E-state index >= 15 is 0 Å². The highest BCUT2D eigenvalue weighted by molar-refractivity contribution is 5.34. The molecule has 0 fully saturated rings. The zero-order valence-corrected chi connectivity index (χ0v) is 14.3. The number of hydrogen-bond donors (Lipinski definition) is 0. The van der Waals surface area contributed by atoms with Gasteiger partial charge in [-0.15, -0.1) is 0 Å². The highest BCUT2D eigenvalue weighted by Gasteiger charge is 2.23. The van der Waals surface area contributed by atoms with Gasteiger partial charge in [0.05, 0.1) is 6.54 Å². The minimum atomic E-state index is -0.245. The van der Waals surface area contributed by atoms with E-state index in [9.17, 15) is 4.79 Å². The second-order valence-corrected chi connectivity index (χ2v) is 7.37. The van der Waals surface area contributed by atoms with E-state index in [2.05, 4.69) is 50.9 Å². The summed E-state index contributed by atoms with van der Waals surface area (Å²) in [5.74, 6) is 0. The molecule has 4 nitrogen and oxygen atoms in total. The van der Waals surface area contributed by atoms with Gasteiger partial charge in [-0.3, -0.25) is 9.36 Å². The molecule has 3 rings (SSSR count). The molecule has 23 heavy (non-hydrogen) atoms. The Morgan fingerprint density at radius 3 is 2.78 bits per heavy atom. The molecule has 0 radical (unpaired) electrons. The lowest BCUT2D eigenvalue weighted by Crippen LogP contribution is -2.16. The number of aromatic nitrogens is 2. The molecule has 0 aliphatic carbocycles. The molecule has 1 aliphatic rings. The molecule has 1 aromatic heterocycles. The first-order valence-electron chi connectivity index (χ1n) is 8.17. The molecule has 2 aromatic rings. The fourth-order valence-corrected chi connectivity index (χ4v) is 2.96. The lowest BCUT2D eigenvalue weighted by Gasteiger charge is -2.21. The van der Waals surface area contributed by atoms with Crippen LogP contribution in [0.3, 0.4) is 0 Å². The summed E-state index contributed by atoms with van der Waals surface area (Å²) in [6.45, 7) is 9.65. The first kappa shape index (κ1) is 15.8. The van der Waals surface area contributed by atoms with Crippen molar-refractivity contribution in [2.24, 2.45) is 0 Å². The maximum Gasteiger partial charge on any atom is 0.300 e. The number of ether oxygens (including phenoxy) is 1. The second kappa shape index (κ2) is 5.84. The summed E-state index contributed by atoms with van der Waals surface area (Å²) in [7, 11) is 0. The van der Waals surface area contributed by atoms with Gasteiger partial charge in [0.15, 0.2) is 0 Å². The molecule has 1 aliphatic heterocycles. The van der Waals surface area contributed by atoms with Crippen molar-refractivity contribution in [2.75, 3.05) is 0 Å². The SMILES string of the molecule is Cc1cc(C(C)(C)C)ccc1CCC1Cn2ccc(=O)nc2O1. The van der Waals surface area contributed by atoms with Crippen molar-refractivity contribution in [3.63, 3.8) is 0 Å². The summed E-state index contributed by atoms with van der Waals surface area (Å²) in [5.41, 5.74) is 4.00. The molecule has 0 saturated heterocycles. The topological polar surface area (TPSA) is 44.1 Å².